The molecule has 0 aliphatic heterocycles. The van der Waals surface area contributed by atoms with Gasteiger partial charge in [-0.2, -0.15) is 0 Å². The van der Waals surface area contributed by atoms with Gasteiger partial charge in [0.15, 0.2) is 0 Å². The summed E-state index contributed by atoms with van der Waals surface area (Å²) in [6.07, 6.45) is 1.52. The van der Waals surface area contributed by atoms with Crippen LogP contribution in [0.5, 0.6) is 0 Å². The maximum absolute atomic E-state index is 11.3. The van der Waals surface area contributed by atoms with E-state index in [0.29, 0.717) is 11.3 Å². The number of nitrogens with zero attached hydrogens (tertiary/aromatic N) is 2. The number of pyridine rings is 2. The number of amides is 1. The van der Waals surface area contributed by atoms with E-state index in [4.69, 9.17) is 5.84 Å². The number of aromatic nitrogens is 2. The molecular weight excluding hydrogens is 272 g/mol. The molecule has 0 saturated carbocycles. The molecule has 0 atom stereocenters. The van der Waals surface area contributed by atoms with Gasteiger partial charge in [0.2, 0.25) is 0 Å². The number of rotatable bonds is 4. The van der Waals surface area contributed by atoms with E-state index in [9.17, 15) is 4.79 Å². The number of carbonyl (C=O) groups is 1. The number of carbonyl (C=O) groups excluding carboxylic acids is 1. The maximum atomic E-state index is 11.3. The van der Waals surface area contributed by atoms with Crippen LogP contribution in [-0.2, 0) is 5.75 Å². The molecule has 104 valence electrons. The average Bonchev–Trinajstić information content (AvgIpc) is 2.44. The molecular formula is C14H16N4OS. The summed E-state index contributed by atoms with van der Waals surface area (Å²) in [6.45, 7) is 4.03. The van der Waals surface area contributed by atoms with Crippen molar-refractivity contribution in [3.8, 4) is 0 Å². The summed E-state index contributed by atoms with van der Waals surface area (Å²) < 4.78 is 0. The monoisotopic (exact) mass is 288 g/mol. The van der Waals surface area contributed by atoms with Gasteiger partial charge in [0.05, 0.1) is 16.3 Å². The molecule has 2 heterocycles. The number of nitrogens with one attached hydrogen (secondary N) is 1. The van der Waals surface area contributed by atoms with Gasteiger partial charge in [0, 0.05) is 17.6 Å². The van der Waals surface area contributed by atoms with Crippen molar-refractivity contribution in [2.75, 3.05) is 0 Å². The van der Waals surface area contributed by atoms with Gasteiger partial charge in [-0.3, -0.25) is 15.2 Å². The van der Waals surface area contributed by atoms with Crippen molar-refractivity contribution in [2.45, 2.75) is 24.6 Å². The molecule has 0 bridgehead atoms. The third kappa shape index (κ3) is 3.79. The first-order chi connectivity index (χ1) is 9.58. The van der Waals surface area contributed by atoms with E-state index in [1.807, 2.05) is 25.1 Å². The lowest BCUT2D eigenvalue weighted by atomic mass is 10.2. The Balaban J connectivity index is 2.02. The first-order valence-corrected chi connectivity index (χ1v) is 7.11. The summed E-state index contributed by atoms with van der Waals surface area (Å²) in [6, 6.07) is 7.62. The third-order valence-corrected chi connectivity index (χ3v) is 3.61. The van der Waals surface area contributed by atoms with Crippen molar-refractivity contribution in [3.05, 3.63) is 53.0 Å². The number of hydrogen-bond donors (Lipinski definition) is 2. The zero-order chi connectivity index (χ0) is 14.5. The molecule has 0 aliphatic carbocycles. The van der Waals surface area contributed by atoms with E-state index >= 15 is 0 Å². The molecule has 0 aromatic carbocycles. The van der Waals surface area contributed by atoms with Gasteiger partial charge in [0.1, 0.15) is 0 Å². The highest BCUT2D eigenvalue weighted by Crippen LogP contribution is 2.21. The second-order valence-corrected chi connectivity index (χ2v) is 5.42. The van der Waals surface area contributed by atoms with Crippen molar-refractivity contribution < 1.29 is 4.79 Å². The van der Waals surface area contributed by atoms with E-state index < -0.39 is 0 Å². The molecule has 0 fully saturated rings. The Labute approximate surface area is 122 Å². The molecule has 2 rings (SSSR count). The lowest BCUT2D eigenvalue weighted by Gasteiger charge is -2.04. The largest absolute Gasteiger partial charge is 0.290 e. The Morgan fingerprint density at radius 3 is 2.75 bits per heavy atom. The van der Waals surface area contributed by atoms with Gasteiger partial charge in [0.25, 0.3) is 5.91 Å². The van der Waals surface area contributed by atoms with Crippen LogP contribution in [0.3, 0.4) is 0 Å². The fourth-order valence-electron chi connectivity index (χ4n) is 1.75. The summed E-state index contributed by atoms with van der Waals surface area (Å²) in [5.41, 5.74) is 5.63. The quantitative estimate of drug-likeness (QED) is 0.389. The molecule has 3 N–H and O–H groups in total. The normalized spacial score (nSPS) is 10.3. The highest BCUT2D eigenvalue weighted by molar-refractivity contribution is 7.98. The van der Waals surface area contributed by atoms with Crippen LogP contribution in [0, 0.1) is 13.8 Å². The molecule has 20 heavy (non-hydrogen) atoms. The van der Waals surface area contributed by atoms with Crippen LogP contribution < -0.4 is 11.3 Å². The molecule has 0 saturated heterocycles. The number of thioether (sulfide) groups is 1. The Morgan fingerprint density at radius 2 is 2.15 bits per heavy atom. The van der Waals surface area contributed by atoms with Crippen LogP contribution >= 0.6 is 11.8 Å². The van der Waals surface area contributed by atoms with Gasteiger partial charge < -0.3 is 0 Å². The summed E-state index contributed by atoms with van der Waals surface area (Å²) in [7, 11) is 0. The van der Waals surface area contributed by atoms with E-state index in [1.165, 1.54) is 11.8 Å². The van der Waals surface area contributed by atoms with Crippen molar-refractivity contribution in [3.63, 3.8) is 0 Å². The van der Waals surface area contributed by atoms with Crippen LogP contribution in [0.1, 0.15) is 27.3 Å². The first kappa shape index (κ1) is 14.5. The molecule has 0 unspecified atom stereocenters. The van der Waals surface area contributed by atoms with Crippen molar-refractivity contribution in [1.29, 1.82) is 0 Å². The smallest absolute Gasteiger partial charge is 0.266 e. The zero-order valence-corrected chi connectivity index (χ0v) is 12.2. The van der Waals surface area contributed by atoms with Crippen LogP contribution in [-0.4, -0.2) is 15.9 Å². The van der Waals surface area contributed by atoms with E-state index in [0.717, 1.165) is 16.4 Å². The van der Waals surface area contributed by atoms with Crippen molar-refractivity contribution in [2.24, 2.45) is 5.84 Å². The topological polar surface area (TPSA) is 80.9 Å². The zero-order valence-electron chi connectivity index (χ0n) is 11.4. The molecule has 2 aromatic heterocycles. The molecule has 5 nitrogen and oxygen atoms in total. The highest BCUT2D eigenvalue weighted by atomic mass is 32.2. The van der Waals surface area contributed by atoms with Gasteiger partial charge in [-0.25, -0.2) is 10.8 Å². The molecule has 0 radical (unpaired) electrons. The summed E-state index contributed by atoms with van der Waals surface area (Å²) >= 11 is 1.62. The minimum absolute atomic E-state index is 0.340. The Bertz CT molecular complexity index is 593. The van der Waals surface area contributed by atoms with E-state index in [-0.39, 0.29) is 5.91 Å². The van der Waals surface area contributed by atoms with Gasteiger partial charge in [-0.1, -0.05) is 0 Å². The fourth-order valence-corrected chi connectivity index (χ4v) is 2.70. The Hall–Kier alpha value is -1.92. The van der Waals surface area contributed by atoms with Crippen molar-refractivity contribution >= 4 is 17.7 Å². The van der Waals surface area contributed by atoms with Crippen molar-refractivity contribution in [1.82, 2.24) is 15.4 Å². The number of hydrogen-bond acceptors (Lipinski definition) is 5. The molecule has 1 amide bonds. The lowest BCUT2D eigenvalue weighted by molar-refractivity contribution is 0.0953. The Kier molecular flexibility index (Phi) is 4.70. The Morgan fingerprint density at radius 1 is 1.35 bits per heavy atom. The highest BCUT2D eigenvalue weighted by Gasteiger charge is 2.05. The number of nitrogens with two attached hydrogens (primary N) is 1. The maximum Gasteiger partial charge on any atom is 0.266 e. The fraction of sp³-hybridized carbons (Fsp3) is 0.214. The van der Waals surface area contributed by atoms with Gasteiger partial charge >= 0.3 is 0 Å². The second kappa shape index (κ2) is 6.49. The molecule has 0 spiro atoms. The van der Waals surface area contributed by atoms with Gasteiger partial charge in [-0.05, 0) is 43.7 Å². The number of hydrazine groups is 1. The lowest BCUT2D eigenvalue weighted by Crippen LogP contribution is -2.30. The van der Waals surface area contributed by atoms with E-state index in [1.54, 1.807) is 17.8 Å². The van der Waals surface area contributed by atoms with E-state index in [2.05, 4.69) is 22.3 Å². The summed E-state index contributed by atoms with van der Waals surface area (Å²) in [5, 5.41) is 0.980. The predicted octanol–water partition coefficient (Wildman–Crippen LogP) is 1.99. The second-order valence-electron chi connectivity index (χ2n) is 4.42. The summed E-state index contributed by atoms with van der Waals surface area (Å²) in [4.78, 5) is 20.0. The third-order valence-electron chi connectivity index (χ3n) is 2.66. The standard InChI is InChI=1S/C14H16N4OS/c1-9-5-10(2)17-13(6-9)20-8-12-4-3-11(7-16-12)14(19)18-15/h3-7H,8,15H2,1-2H3,(H,18,19). The molecule has 2 aromatic rings. The summed E-state index contributed by atoms with van der Waals surface area (Å²) in [5.74, 6) is 5.43. The SMILES string of the molecule is Cc1cc(C)nc(SCc2ccc(C(=O)NN)cn2)c1. The average molecular weight is 288 g/mol. The van der Waals surface area contributed by atoms with Crippen LogP contribution in [0.15, 0.2) is 35.5 Å². The van der Waals surface area contributed by atoms with Gasteiger partial charge in [-0.15, -0.1) is 11.8 Å². The van der Waals surface area contributed by atoms with Crippen LogP contribution in [0.2, 0.25) is 0 Å². The minimum atomic E-state index is -0.340. The minimum Gasteiger partial charge on any atom is -0.290 e. The molecule has 6 heteroatoms. The predicted molar refractivity (Wildman–Crippen MR) is 79.2 cm³/mol. The molecule has 0 aliphatic rings. The van der Waals surface area contributed by atoms with Crippen LogP contribution in [0.4, 0.5) is 0 Å². The number of aryl methyl sites for hydroxylation is 2. The first-order valence-electron chi connectivity index (χ1n) is 6.12. The number of nitrogen functional groups attached to an aromatic ring is 1. The van der Waals surface area contributed by atoms with Crippen LogP contribution in [0.25, 0.3) is 0 Å².